The average molecular weight is 298 g/mol. The normalized spacial score (nSPS) is 21.1. The number of thiophene rings is 1. The zero-order chi connectivity index (χ0) is 14.8. The molecule has 1 aliphatic carbocycles. The minimum Gasteiger partial charge on any atom is -0.273 e. The summed E-state index contributed by atoms with van der Waals surface area (Å²) in [7, 11) is 0. The topological polar surface area (TPSA) is 41.5 Å². The highest BCUT2D eigenvalue weighted by Gasteiger charge is 2.43. The van der Waals surface area contributed by atoms with Gasteiger partial charge in [-0.2, -0.15) is 5.10 Å². The van der Waals surface area contributed by atoms with Crippen LogP contribution in [0.2, 0.25) is 0 Å². The van der Waals surface area contributed by atoms with Crippen LogP contribution in [0.25, 0.3) is 0 Å². The van der Waals surface area contributed by atoms with Crippen LogP contribution in [0.15, 0.2) is 47.6 Å². The van der Waals surface area contributed by atoms with E-state index in [1.807, 2.05) is 31.2 Å². The molecule has 21 heavy (non-hydrogen) atoms. The first-order valence-corrected chi connectivity index (χ1v) is 7.92. The summed E-state index contributed by atoms with van der Waals surface area (Å²) in [6.45, 7) is 3.99. The van der Waals surface area contributed by atoms with Gasteiger partial charge in [-0.05, 0) is 43.9 Å². The minimum atomic E-state index is 0.0245. The molecule has 1 saturated carbocycles. The summed E-state index contributed by atoms with van der Waals surface area (Å²) < 4.78 is 0. The van der Waals surface area contributed by atoms with E-state index in [2.05, 4.69) is 35.7 Å². The highest BCUT2D eigenvalue weighted by molar-refractivity contribution is 7.14. The van der Waals surface area contributed by atoms with E-state index < -0.39 is 0 Å². The van der Waals surface area contributed by atoms with Crippen molar-refractivity contribution in [3.05, 3.63) is 57.8 Å². The van der Waals surface area contributed by atoms with E-state index in [1.165, 1.54) is 10.4 Å². The smallest absolute Gasteiger partial charge is 0.243 e. The van der Waals surface area contributed by atoms with Crippen molar-refractivity contribution in [1.82, 2.24) is 5.43 Å². The number of carbonyl (C=O) groups excluding carboxylic acids is 1. The molecule has 0 saturated heterocycles. The Morgan fingerprint density at radius 3 is 2.67 bits per heavy atom. The summed E-state index contributed by atoms with van der Waals surface area (Å²) in [5.74, 6) is 0.441. The van der Waals surface area contributed by atoms with E-state index in [1.54, 1.807) is 11.3 Å². The predicted octanol–water partition coefficient (Wildman–Crippen LogP) is 3.70. The van der Waals surface area contributed by atoms with E-state index >= 15 is 0 Å². The van der Waals surface area contributed by atoms with Gasteiger partial charge in [0.05, 0.1) is 10.6 Å². The largest absolute Gasteiger partial charge is 0.273 e. The van der Waals surface area contributed by atoms with Crippen LogP contribution in [0.3, 0.4) is 0 Å². The van der Waals surface area contributed by atoms with Crippen LogP contribution >= 0.6 is 11.3 Å². The van der Waals surface area contributed by atoms with Crippen molar-refractivity contribution < 1.29 is 4.79 Å². The van der Waals surface area contributed by atoms with E-state index in [9.17, 15) is 4.79 Å². The Bertz CT molecular complexity index is 675. The van der Waals surface area contributed by atoms with Gasteiger partial charge in [0.25, 0.3) is 0 Å². The number of carbonyl (C=O) groups is 1. The third-order valence-corrected chi connectivity index (χ3v) is 4.90. The van der Waals surface area contributed by atoms with Crippen molar-refractivity contribution in [1.29, 1.82) is 0 Å². The number of aryl methyl sites for hydroxylation is 1. The highest BCUT2D eigenvalue weighted by Crippen LogP contribution is 2.47. The second-order valence-corrected chi connectivity index (χ2v) is 6.73. The molecule has 1 aromatic heterocycles. The van der Waals surface area contributed by atoms with Gasteiger partial charge in [0.1, 0.15) is 0 Å². The maximum Gasteiger partial charge on any atom is 0.243 e. The van der Waals surface area contributed by atoms with Crippen molar-refractivity contribution in [3.63, 3.8) is 0 Å². The fraction of sp³-hybridized carbons (Fsp3) is 0.294. The van der Waals surface area contributed by atoms with Crippen LogP contribution in [-0.2, 0) is 4.79 Å². The van der Waals surface area contributed by atoms with Crippen LogP contribution in [0.5, 0.6) is 0 Å². The molecule has 1 N–H and O–H groups in total. The average Bonchev–Trinajstić information content (AvgIpc) is 3.20. The number of nitrogens with zero attached hydrogens (tertiary/aromatic N) is 1. The molecule has 3 nitrogen and oxygen atoms in total. The number of hydrogen-bond acceptors (Lipinski definition) is 3. The Hall–Kier alpha value is -1.94. The number of nitrogens with one attached hydrogen (secondary N) is 1. The molecule has 4 heteroatoms. The second-order valence-electron chi connectivity index (χ2n) is 5.44. The Labute approximate surface area is 128 Å². The Morgan fingerprint density at radius 1 is 1.24 bits per heavy atom. The molecule has 2 unspecified atom stereocenters. The summed E-state index contributed by atoms with van der Waals surface area (Å²) in [4.78, 5) is 14.5. The Morgan fingerprint density at radius 2 is 2.00 bits per heavy atom. The summed E-state index contributed by atoms with van der Waals surface area (Å²) in [6.07, 6.45) is 0.919. The van der Waals surface area contributed by atoms with Crippen LogP contribution < -0.4 is 5.43 Å². The first kappa shape index (κ1) is 14.0. The van der Waals surface area contributed by atoms with Gasteiger partial charge in [-0.1, -0.05) is 30.3 Å². The van der Waals surface area contributed by atoms with Gasteiger partial charge in [0, 0.05) is 10.8 Å². The molecular weight excluding hydrogens is 280 g/mol. The summed E-state index contributed by atoms with van der Waals surface area (Å²) in [5, 5.41) is 4.22. The maximum atomic E-state index is 12.1. The summed E-state index contributed by atoms with van der Waals surface area (Å²) in [5.41, 5.74) is 4.81. The molecule has 1 heterocycles. The van der Waals surface area contributed by atoms with Gasteiger partial charge in [-0.15, -0.1) is 11.3 Å². The van der Waals surface area contributed by atoms with Gasteiger partial charge in [-0.25, -0.2) is 5.43 Å². The second kappa shape index (κ2) is 5.82. The van der Waals surface area contributed by atoms with Crippen molar-refractivity contribution in [3.8, 4) is 0 Å². The highest BCUT2D eigenvalue weighted by atomic mass is 32.1. The lowest BCUT2D eigenvalue weighted by Crippen LogP contribution is -2.21. The number of hydrogen-bond donors (Lipinski definition) is 1. The molecule has 0 bridgehead atoms. The van der Waals surface area contributed by atoms with Gasteiger partial charge in [0.2, 0.25) is 5.91 Å². The van der Waals surface area contributed by atoms with Gasteiger partial charge in [0.15, 0.2) is 0 Å². The van der Waals surface area contributed by atoms with E-state index in [0.717, 1.165) is 17.0 Å². The van der Waals surface area contributed by atoms with Crippen LogP contribution in [0.1, 0.15) is 34.6 Å². The summed E-state index contributed by atoms with van der Waals surface area (Å²) >= 11 is 1.69. The monoisotopic (exact) mass is 298 g/mol. The molecule has 1 aliphatic rings. The number of amides is 1. The fourth-order valence-corrected chi connectivity index (χ4v) is 3.27. The quantitative estimate of drug-likeness (QED) is 0.678. The van der Waals surface area contributed by atoms with Crippen molar-refractivity contribution >= 4 is 23.0 Å². The van der Waals surface area contributed by atoms with Crippen LogP contribution in [0, 0.1) is 12.8 Å². The van der Waals surface area contributed by atoms with E-state index in [-0.39, 0.29) is 11.8 Å². The SMILES string of the molecule is CC(=NNC(=O)C1CC1c1ccccc1)c1ccc(C)s1. The first-order chi connectivity index (χ1) is 10.1. The van der Waals surface area contributed by atoms with E-state index in [0.29, 0.717) is 5.92 Å². The van der Waals surface area contributed by atoms with Gasteiger partial charge in [-0.3, -0.25) is 4.79 Å². The zero-order valence-corrected chi connectivity index (χ0v) is 13.0. The lowest BCUT2D eigenvalue weighted by molar-refractivity contribution is -0.122. The maximum absolute atomic E-state index is 12.1. The van der Waals surface area contributed by atoms with Gasteiger partial charge >= 0.3 is 0 Å². The van der Waals surface area contributed by atoms with Crippen molar-refractivity contribution in [2.24, 2.45) is 11.0 Å². The fourth-order valence-electron chi connectivity index (χ4n) is 2.46. The molecular formula is C17H18N2OS. The minimum absolute atomic E-state index is 0.0245. The van der Waals surface area contributed by atoms with Gasteiger partial charge < -0.3 is 0 Å². The molecule has 0 aliphatic heterocycles. The predicted molar refractivity (Wildman–Crippen MR) is 86.7 cm³/mol. The molecule has 0 spiro atoms. The van der Waals surface area contributed by atoms with E-state index in [4.69, 9.17) is 0 Å². The molecule has 1 aromatic carbocycles. The Balaban J connectivity index is 1.58. The standard InChI is InChI=1S/C17H18N2OS/c1-11-8-9-16(21-11)12(2)18-19-17(20)15-10-14(15)13-6-4-3-5-7-13/h3-9,14-15H,10H2,1-2H3,(H,19,20). The lowest BCUT2D eigenvalue weighted by atomic mass is 10.1. The molecule has 3 rings (SSSR count). The third kappa shape index (κ3) is 3.22. The third-order valence-electron chi connectivity index (χ3n) is 3.79. The lowest BCUT2D eigenvalue weighted by Gasteiger charge is -2.01. The zero-order valence-electron chi connectivity index (χ0n) is 12.2. The van der Waals surface area contributed by atoms with Crippen LogP contribution in [0.4, 0.5) is 0 Å². The Kier molecular flexibility index (Phi) is 3.88. The molecule has 1 fully saturated rings. The molecule has 2 aromatic rings. The molecule has 1 amide bonds. The molecule has 2 atom stereocenters. The first-order valence-electron chi connectivity index (χ1n) is 7.11. The van der Waals surface area contributed by atoms with Crippen molar-refractivity contribution in [2.75, 3.05) is 0 Å². The number of rotatable bonds is 4. The molecule has 108 valence electrons. The molecule has 0 radical (unpaired) electrons. The van der Waals surface area contributed by atoms with Crippen molar-refractivity contribution in [2.45, 2.75) is 26.2 Å². The summed E-state index contributed by atoms with van der Waals surface area (Å²) in [6, 6.07) is 14.3. The number of benzene rings is 1. The number of hydrazone groups is 1. The van der Waals surface area contributed by atoms with Crippen LogP contribution in [-0.4, -0.2) is 11.6 Å².